The minimum absolute atomic E-state index is 0.00483. The van der Waals surface area contributed by atoms with E-state index in [1.807, 2.05) is 35.4 Å². The van der Waals surface area contributed by atoms with Crippen molar-refractivity contribution in [3.05, 3.63) is 71.9 Å². The van der Waals surface area contributed by atoms with E-state index >= 15 is 0 Å². The van der Waals surface area contributed by atoms with Crippen molar-refractivity contribution in [1.29, 1.82) is 0 Å². The molecule has 2 amide bonds. The van der Waals surface area contributed by atoms with E-state index in [2.05, 4.69) is 47.6 Å². The van der Waals surface area contributed by atoms with Crippen LogP contribution in [-0.2, 0) is 16.0 Å². The van der Waals surface area contributed by atoms with Gasteiger partial charge in [0.05, 0.1) is 0 Å². The van der Waals surface area contributed by atoms with E-state index in [0.29, 0.717) is 5.92 Å². The van der Waals surface area contributed by atoms with Crippen molar-refractivity contribution in [1.82, 2.24) is 15.2 Å². The largest absolute Gasteiger partial charge is 0.361 e. The van der Waals surface area contributed by atoms with Crippen molar-refractivity contribution in [3.63, 3.8) is 0 Å². The van der Waals surface area contributed by atoms with Crippen LogP contribution in [-0.4, -0.2) is 46.9 Å². The van der Waals surface area contributed by atoms with Crippen molar-refractivity contribution < 1.29 is 9.59 Å². The van der Waals surface area contributed by atoms with Crippen LogP contribution < -0.4 is 11.1 Å². The maximum absolute atomic E-state index is 14.1. The topological polar surface area (TPSA) is 91.2 Å². The molecule has 0 unspecified atom stereocenters. The minimum Gasteiger partial charge on any atom is -0.361 e. The first-order valence-electron chi connectivity index (χ1n) is 13.9. The number of fused-ring (bicyclic) bond motifs is 1. The summed E-state index contributed by atoms with van der Waals surface area (Å²) in [6, 6.07) is 18.3. The second-order valence-corrected chi connectivity index (χ2v) is 11.2. The molecule has 2 aromatic carbocycles. The number of hydrogen-bond donors (Lipinski definition) is 3. The third-order valence-corrected chi connectivity index (χ3v) is 8.52. The van der Waals surface area contributed by atoms with Crippen molar-refractivity contribution in [2.45, 2.75) is 69.9 Å². The van der Waals surface area contributed by atoms with Gasteiger partial charge >= 0.3 is 0 Å². The molecule has 37 heavy (non-hydrogen) atoms. The summed E-state index contributed by atoms with van der Waals surface area (Å²) in [7, 11) is 0. The Labute approximate surface area is 220 Å². The van der Waals surface area contributed by atoms with Crippen LogP contribution in [0, 0.1) is 11.8 Å². The molecule has 5 rings (SSSR count). The SMILES string of the molecule is C[C@H](c1c[nH]c2ccccc12)[C@@H](NC(=O)C1CCC(N)CC1)C(=O)N1CCC[C@H](Cc2ccccc2)C1. The summed E-state index contributed by atoms with van der Waals surface area (Å²) < 4.78 is 0. The zero-order chi connectivity index (χ0) is 25.8. The summed E-state index contributed by atoms with van der Waals surface area (Å²) in [5.41, 5.74) is 9.51. The van der Waals surface area contributed by atoms with Crippen LogP contribution in [0.3, 0.4) is 0 Å². The zero-order valence-corrected chi connectivity index (χ0v) is 21.9. The predicted molar refractivity (Wildman–Crippen MR) is 148 cm³/mol. The van der Waals surface area contributed by atoms with Gasteiger partial charge in [0, 0.05) is 48.1 Å². The van der Waals surface area contributed by atoms with Crippen LogP contribution in [0.1, 0.15) is 62.5 Å². The molecule has 1 saturated carbocycles. The number of nitrogens with one attached hydrogen (secondary N) is 2. The van der Waals surface area contributed by atoms with E-state index in [0.717, 1.165) is 74.5 Å². The highest BCUT2D eigenvalue weighted by molar-refractivity contribution is 5.91. The number of rotatable bonds is 7. The molecule has 1 saturated heterocycles. The summed E-state index contributed by atoms with van der Waals surface area (Å²) in [6.07, 6.45) is 8.39. The molecular formula is C31H40N4O2. The monoisotopic (exact) mass is 500 g/mol. The molecule has 0 spiro atoms. The number of aromatic nitrogens is 1. The lowest BCUT2D eigenvalue weighted by Gasteiger charge is -2.37. The maximum atomic E-state index is 14.1. The molecule has 1 aromatic heterocycles. The number of amides is 2. The maximum Gasteiger partial charge on any atom is 0.245 e. The molecule has 3 aromatic rings. The summed E-state index contributed by atoms with van der Waals surface area (Å²) >= 11 is 0. The Kier molecular flexibility index (Phi) is 7.94. The molecule has 0 radical (unpaired) electrons. The molecule has 6 heteroatoms. The Balaban J connectivity index is 1.36. The first-order chi connectivity index (χ1) is 18.0. The number of hydrogen-bond acceptors (Lipinski definition) is 3. The highest BCUT2D eigenvalue weighted by atomic mass is 16.2. The van der Waals surface area contributed by atoms with Gasteiger partial charge in [-0.25, -0.2) is 0 Å². The molecule has 1 aliphatic carbocycles. The van der Waals surface area contributed by atoms with Crippen LogP contribution >= 0.6 is 0 Å². The third-order valence-electron chi connectivity index (χ3n) is 8.52. The van der Waals surface area contributed by atoms with Crippen LogP contribution in [0.2, 0.25) is 0 Å². The number of aromatic amines is 1. The van der Waals surface area contributed by atoms with E-state index < -0.39 is 6.04 Å². The average Bonchev–Trinajstić information content (AvgIpc) is 3.36. The third kappa shape index (κ3) is 5.90. The molecule has 196 valence electrons. The van der Waals surface area contributed by atoms with Gasteiger partial charge in [0.25, 0.3) is 0 Å². The normalized spacial score (nSPS) is 23.9. The first-order valence-corrected chi connectivity index (χ1v) is 13.9. The number of likely N-dealkylation sites (tertiary alicyclic amines) is 1. The lowest BCUT2D eigenvalue weighted by atomic mass is 9.84. The van der Waals surface area contributed by atoms with Gasteiger partial charge in [0.15, 0.2) is 0 Å². The van der Waals surface area contributed by atoms with Crippen LogP contribution in [0.5, 0.6) is 0 Å². The van der Waals surface area contributed by atoms with E-state index in [9.17, 15) is 9.59 Å². The molecule has 2 aliphatic rings. The van der Waals surface area contributed by atoms with Crippen LogP contribution in [0.25, 0.3) is 10.9 Å². The summed E-state index contributed by atoms with van der Waals surface area (Å²) in [4.78, 5) is 32.9. The molecule has 0 bridgehead atoms. The number of para-hydroxylation sites is 1. The fourth-order valence-corrected chi connectivity index (χ4v) is 6.28. The quantitative estimate of drug-likeness (QED) is 0.437. The van der Waals surface area contributed by atoms with Gasteiger partial charge in [-0.2, -0.15) is 0 Å². The minimum atomic E-state index is -0.599. The van der Waals surface area contributed by atoms with E-state index in [1.165, 1.54) is 5.56 Å². The van der Waals surface area contributed by atoms with Crippen molar-refractivity contribution >= 4 is 22.7 Å². The average molecular weight is 501 g/mol. The Bertz CT molecular complexity index is 1200. The van der Waals surface area contributed by atoms with Gasteiger partial charge in [0.2, 0.25) is 11.8 Å². The van der Waals surface area contributed by atoms with Gasteiger partial charge in [-0.3, -0.25) is 9.59 Å². The number of carbonyl (C=O) groups excluding carboxylic acids is 2. The molecule has 4 N–H and O–H groups in total. The molecule has 1 aliphatic heterocycles. The summed E-state index contributed by atoms with van der Waals surface area (Å²) in [6.45, 7) is 3.55. The summed E-state index contributed by atoms with van der Waals surface area (Å²) in [5.74, 6) is 0.233. The summed E-state index contributed by atoms with van der Waals surface area (Å²) in [5, 5.41) is 4.33. The van der Waals surface area contributed by atoms with E-state index in [1.54, 1.807) is 0 Å². The number of nitrogens with two attached hydrogens (primary N) is 1. The number of nitrogens with zero attached hydrogens (tertiary/aromatic N) is 1. The highest BCUT2D eigenvalue weighted by Crippen LogP contribution is 2.31. The van der Waals surface area contributed by atoms with Gasteiger partial charge in [-0.1, -0.05) is 55.5 Å². The molecular weight excluding hydrogens is 460 g/mol. The van der Waals surface area contributed by atoms with Gasteiger partial charge in [-0.15, -0.1) is 0 Å². The second-order valence-electron chi connectivity index (χ2n) is 11.2. The number of H-pyrrole nitrogens is 1. The predicted octanol–water partition coefficient (Wildman–Crippen LogP) is 4.76. The molecule has 2 heterocycles. The Morgan fingerprint density at radius 2 is 1.76 bits per heavy atom. The van der Waals surface area contributed by atoms with Crippen LogP contribution in [0.4, 0.5) is 0 Å². The lowest BCUT2D eigenvalue weighted by Crippen LogP contribution is -2.54. The number of benzene rings is 2. The highest BCUT2D eigenvalue weighted by Gasteiger charge is 2.36. The fraction of sp³-hybridized carbons (Fsp3) is 0.484. The van der Waals surface area contributed by atoms with Crippen molar-refractivity contribution in [3.8, 4) is 0 Å². The number of piperidine rings is 1. The van der Waals surface area contributed by atoms with Crippen LogP contribution in [0.15, 0.2) is 60.8 Å². The molecule has 2 fully saturated rings. The standard InChI is InChI=1S/C31H40N4O2/c1-21(27-19-33-28-12-6-5-11-26(27)28)29(34-30(36)24-13-15-25(32)16-14-24)31(37)35-17-7-10-23(20-35)18-22-8-3-2-4-9-22/h2-6,8-9,11-12,19,21,23-25,29,33H,7,10,13-18,20,32H2,1H3,(H,34,36)/t21-,23-,24?,25?,29-/m1/s1. The Morgan fingerprint density at radius 1 is 1.03 bits per heavy atom. The fourth-order valence-electron chi connectivity index (χ4n) is 6.28. The number of carbonyl (C=O) groups is 2. The first kappa shape index (κ1) is 25.5. The lowest BCUT2D eigenvalue weighted by molar-refractivity contribution is -0.139. The second kappa shape index (κ2) is 11.5. The molecule has 3 atom stereocenters. The molecule has 6 nitrogen and oxygen atoms in total. The zero-order valence-electron chi connectivity index (χ0n) is 21.9. The van der Waals surface area contributed by atoms with E-state index in [4.69, 9.17) is 5.73 Å². The Morgan fingerprint density at radius 3 is 2.54 bits per heavy atom. The van der Waals surface area contributed by atoms with E-state index in [-0.39, 0.29) is 29.7 Å². The van der Waals surface area contributed by atoms with Crippen molar-refractivity contribution in [2.24, 2.45) is 17.6 Å². The smallest absolute Gasteiger partial charge is 0.245 e. The van der Waals surface area contributed by atoms with Gasteiger partial charge in [-0.05, 0) is 68.1 Å². The van der Waals surface area contributed by atoms with Crippen molar-refractivity contribution in [2.75, 3.05) is 13.1 Å². The van der Waals surface area contributed by atoms with Gasteiger partial charge < -0.3 is 20.9 Å². The van der Waals surface area contributed by atoms with Gasteiger partial charge in [0.1, 0.15) is 6.04 Å². The Hall–Kier alpha value is -3.12.